The van der Waals surface area contributed by atoms with Crippen LogP contribution < -0.4 is 10.0 Å². The van der Waals surface area contributed by atoms with Gasteiger partial charge in [0, 0.05) is 24.2 Å². The zero-order valence-corrected chi connectivity index (χ0v) is 11.5. The van der Waals surface area contributed by atoms with E-state index in [2.05, 4.69) is 10.0 Å². The number of carbonyl (C=O) groups is 1. The number of hydrogen-bond acceptors (Lipinski definition) is 3. The molecule has 5 nitrogen and oxygen atoms in total. The summed E-state index contributed by atoms with van der Waals surface area (Å²) in [5.74, 6) is 0.0658. The van der Waals surface area contributed by atoms with Crippen molar-refractivity contribution in [2.75, 3.05) is 23.4 Å². The van der Waals surface area contributed by atoms with E-state index in [0.29, 0.717) is 23.6 Å². The Kier molecular flexibility index (Phi) is 5.43. The van der Waals surface area contributed by atoms with E-state index in [0.717, 1.165) is 0 Å². The predicted molar refractivity (Wildman–Crippen MR) is 72.6 cm³/mol. The summed E-state index contributed by atoms with van der Waals surface area (Å²) >= 11 is 5.45. The number of rotatable bonds is 6. The molecular weight excluding hydrogens is 276 g/mol. The molecular formula is C11H15ClN2O3S. The number of anilines is 1. The maximum absolute atomic E-state index is 11.6. The van der Waals surface area contributed by atoms with Crippen LogP contribution in [0, 0.1) is 0 Å². The van der Waals surface area contributed by atoms with Gasteiger partial charge in [0.2, 0.25) is 10.0 Å². The second-order valence-corrected chi connectivity index (χ2v) is 5.84. The van der Waals surface area contributed by atoms with Gasteiger partial charge < -0.3 is 5.32 Å². The van der Waals surface area contributed by atoms with Gasteiger partial charge in [-0.3, -0.25) is 9.52 Å². The van der Waals surface area contributed by atoms with E-state index >= 15 is 0 Å². The Balaban J connectivity index is 2.72. The standard InChI is InChI=1S/C11H15ClN2O3S/c1-13-11(15)9-3-5-10(6-4-9)14-18(16,17)8-2-7-12/h3-6,14H,2,7-8H2,1H3,(H,13,15). The Morgan fingerprint density at radius 3 is 2.39 bits per heavy atom. The number of sulfonamides is 1. The van der Waals surface area contributed by atoms with Crippen LogP contribution in [0.1, 0.15) is 16.8 Å². The maximum Gasteiger partial charge on any atom is 0.251 e. The highest BCUT2D eigenvalue weighted by atomic mass is 35.5. The lowest BCUT2D eigenvalue weighted by Crippen LogP contribution is -2.18. The largest absolute Gasteiger partial charge is 0.355 e. The van der Waals surface area contributed by atoms with E-state index < -0.39 is 10.0 Å². The first-order valence-electron chi connectivity index (χ1n) is 5.37. The Hall–Kier alpha value is -1.27. The average molecular weight is 291 g/mol. The zero-order chi connectivity index (χ0) is 13.6. The number of halogens is 1. The molecule has 0 unspecified atom stereocenters. The molecule has 0 radical (unpaired) electrons. The highest BCUT2D eigenvalue weighted by molar-refractivity contribution is 7.92. The average Bonchev–Trinajstić information content (AvgIpc) is 2.36. The number of nitrogens with one attached hydrogen (secondary N) is 2. The Labute approximate surface area is 112 Å². The lowest BCUT2D eigenvalue weighted by molar-refractivity contribution is 0.0963. The second-order valence-electron chi connectivity index (χ2n) is 3.62. The van der Waals surface area contributed by atoms with Crippen molar-refractivity contribution in [1.29, 1.82) is 0 Å². The molecule has 100 valence electrons. The molecule has 1 amide bonds. The van der Waals surface area contributed by atoms with Crippen molar-refractivity contribution < 1.29 is 13.2 Å². The molecule has 1 aromatic rings. The van der Waals surface area contributed by atoms with Crippen LogP contribution in [0.25, 0.3) is 0 Å². The van der Waals surface area contributed by atoms with E-state index in [-0.39, 0.29) is 11.7 Å². The molecule has 1 rings (SSSR count). The molecule has 0 aliphatic rings. The summed E-state index contributed by atoms with van der Waals surface area (Å²) in [5, 5.41) is 2.48. The third kappa shape index (κ3) is 4.54. The van der Waals surface area contributed by atoms with Gasteiger partial charge in [0.25, 0.3) is 5.91 Å². The summed E-state index contributed by atoms with van der Waals surface area (Å²) in [7, 11) is -1.84. The first kappa shape index (κ1) is 14.8. The van der Waals surface area contributed by atoms with E-state index in [4.69, 9.17) is 11.6 Å². The van der Waals surface area contributed by atoms with Crippen molar-refractivity contribution in [3.8, 4) is 0 Å². The topological polar surface area (TPSA) is 75.3 Å². The van der Waals surface area contributed by atoms with Gasteiger partial charge in [-0.05, 0) is 30.7 Å². The highest BCUT2D eigenvalue weighted by Gasteiger charge is 2.10. The van der Waals surface area contributed by atoms with Gasteiger partial charge in [0.05, 0.1) is 5.75 Å². The fraction of sp³-hybridized carbons (Fsp3) is 0.364. The van der Waals surface area contributed by atoms with Crippen LogP contribution in [0.15, 0.2) is 24.3 Å². The van der Waals surface area contributed by atoms with E-state index in [9.17, 15) is 13.2 Å². The molecule has 0 saturated heterocycles. The van der Waals surface area contributed by atoms with Crippen molar-refractivity contribution in [3.05, 3.63) is 29.8 Å². The van der Waals surface area contributed by atoms with Crippen LogP contribution in [0.4, 0.5) is 5.69 Å². The number of benzene rings is 1. The first-order chi connectivity index (χ1) is 8.48. The number of alkyl halides is 1. The number of carbonyl (C=O) groups excluding carboxylic acids is 1. The van der Waals surface area contributed by atoms with Crippen molar-refractivity contribution in [2.45, 2.75) is 6.42 Å². The van der Waals surface area contributed by atoms with Crippen LogP contribution in [-0.4, -0.2) is 33.0 Å². The van der Waals surface area contributed by atoms with Crippen LogP contribution in [-0.2, 0) is 10.0 Å². The summed E-state index contributed by atoms with van der Waals surface area (Å²) in [6.07, 6.45) is 0.396. The van der Waals surface area contributed by atoms with Gasteiger partial charge in [-0.25, -0.2) is 8.42 Å². The third-order valence-corrected chi connectivity index (χ3v) is 3.83. The molecule has 7 heteroatoms. The fourth-order valence-electron chi connectivity index (χ4n) is 1.31. The molecule has 0 bridgehead atoms. The van der Waals surface area contributed by atoms with Gasteiger partial charge in [-0.15, -0.1) is 11.6 Å². The van der Waals surface area contributed by atoms with Crippen LogP contribution in [0.3, 0.4) is 0 Å². The highest BCUT2D eigenvalue weighted by Crippen LogP contribution is 2.12. The molecule has 1 aromatic carbocycles. The molecule has 0 aliphatic heterocycles. The molecule has 2 N–H and O–H groups in total. The van der Waals surface area contributed by atoms with Gasteiger partial charge in [-0.2, -0.15) is 0 Å². The summed E-state index contributed by atoms with van der Waals surface area (Å²) in [5.41, 5.74) is 0.901. The monoisotopic (exact) mass is 290 g/mol. The normalized spacial score (nSPS) is 11.0. The van der Waals surface area contributed by atoms with E-state index in [1.165, 1.54) is 7.05 Å². The minimum atomic E-state index is -3.37. The molecule has 0 aromatic heterocycles. The maximum atomic E-state index is 11.6. The Morgan fingerprint density at radius 2 is 1.89 bits per heavy atom. The molecule has 0 atom stereocenters. The lowest BCUT2D eigenvalue weighted by atomic mass is 10.2. The van der Waals surface area contributed by atoms with Crippen molar-refractivity contribution in [3.63, 3.8) is 0 Å². The SMILES string of the molecule is CNC(=O)c1ccc(NS(=O)(=O)CCCCl)cc1. The Morgan fingerprint density at radius 1 is 1.28 bits per heavy atom. The van der Waals surface area contributed by atoms with E-state index in [1.54, 1.807) is 24.3 Å². The van der Waals surface area contributed by atoms with Gasteiger partial charge in [-0.1, -0.05) is 0 Å². The van der Waals surface area contributed by atoms with Gasteiger partial charge in [0.15, 0.2) is 0 Å². The molecule has 0 saturated carbocycles. The molecule has 0 heterocycles. The summed E-state index contributed by atoms with van der Waals surface area (Å²) in [6, 6.07) is 6.20. The van der Waals surface area contributed by atoms with Crippen molar-refractivity contribution >= 4 is 33.2 Å². The third-order valence-electron chi connectivity index (χ3n) is 2.19. The van der Waals surface area contributed by atoms with Crippen LogP contribution in [0.2, 0.25) is 0 Å². The molecule has 0 aliphatic carbocycles. The summed E-state index contributed by atoms with van der Waals surface area (Å²) in [4.78, 5) is 11.3. The summed E-state index contributed by atoms with van der Waals surface area (Å²) < 4.78 is 25.6. The predicted octanol–water partition coefficient (Wildman–Crippen LogP) is 1.42. The smallest absolute Gasteiger partial charge is 0.251 e. The van der Waals surface area contributed by atoms with Gasteiger partial charge in [0.1, 0.15) is 0 Å². The zero-order valence-electron chi connectivity index (χ0n) is 9.94. The van der Waals surface area contributed by atoms with E-state index in [1.807, 2.05) is 0 Å². The molecule has 0 spiro atoms. The molecule has 18 heavy (non-hydrogen) atoms. The molecule has 0 fully saturated rings. The van der Waals surface area contributed by atoms with Crippen molar-refractivity contribution in [1.82, 2.24) is 5.32 Å². The first-order valence-corrected chi connectivity index (χ1v) is 7.56. The van der Waals surface area contributed by atoms with Crippen LogP contribution >= 0.6 is 11.6 Å². The lowest BCUT2D eigenvalue weighted by Gasteiger charge is -2.07. The van der Waals surface area contributed by atoms with Crippen LogP contribution in [0.5, 0.6) is 0 Å². The van der Waals surface area contributed by atoms with Crippen molar-refractivity contribution in [2.24, 2.45) is 0 Å². The number of amides is 1. The second kappa shape index (κ2) is 6.61. The summed E-state index contributed by atoms with van der Waals surface area (Å²) in [6.45, 7) is 0. The van der Waals surface area contributed by atoms with Gasteiger partial charge >= 0.3 is 0 Å². The Bertz CT molecular complexity index is 500. The minimum absolute atomic E-state index is 0.0201. The fourth-order valence-corrected chi connectivity index (χ4v) is 2.72. The quantitative estimate of drug-likeness (QED) is 0.778. The minimum Gasteiger partial charge on any atom is -0.355 e. The number of hydrogen-bond donors (Lipinski definition) is 2.